The minimum Gasteiger partial charge on any atom is -0.452 e. The van der Waals surface area contributed by atoms with Crippen LogP contribution in [0, 0.1) is 17.4 Å². The number of ether oxygens (including phenoxy) is 1. The number of carbonyl (C=O) groups is 2. The number of nitrogens with one attached hydrogen (secondary N) is 1. The van der Waals surface area contributed by atoms with E-state index in [0.717, 1.165) is 9.13 Å². The van der Waals surface area contributed by atoms with Gasteiger partial charge in [-0.3, -0.25) is 4.79 Å². The van der Waals surface area contributed by atoms with E-state index in [1.165, 1.54) is 4.52 Å². The molecule has 0 unspecified atom stereocenters. The molecule has 0 saturated carbocycles. The second-order valence-corrected chi connectivity index (χ2v) is 6.68. The third-order valence-corrected chi connectivity index (χ3v) is 4.24. The van der Waals surface area contributed by atoms with Crippen LogP contribution >= 0.6 is 22.6 Å². The number of nitrogens with zero attached hydrogens (tertiary/aromatic N) is 3. The van der Waals surface area contributed by atoms with Crippen LogP contribution in [0.2, 0.25) is 0 Å². The largest absolute Gasteiger partial charge is 0.452 e. The first-order valence-corrected chi connectivity index (χ1v) is 8.56. The summed E-state index contributed by atoms with van der Waals surface area (Å²) in [6.45, 7) is 3.21. The van der Waals surface area contributed by atoms with Gasteiger partial charge in [-0.2, -0.15) is 5.10 Å². The van der Waals surface area contributed by atoms with Crippen molar-refractivity contribution in [3.05, 3.63) is 57.1 Å². The lowest BCUT2D eigenvalue weighted by Crippen LogP contribution is -2.21. The van der Waals surface area contributed by atoms with Crippen molar-refractivity contribution in [1.29, 1.82) is 0 Å². The van der Waals surface area contributed by atoms with Gasteiger partial charge >= 0.3 is 5.97 Å². The Kier molecular flexibility index (Phi) is 4.98. The van der Waals surface area contributed by atoms with Crippen LogP contribution in [0.4, 0.5) is 5.69 Å². The molecule has 0 aliphatic heterocycles. The zero-order chi connectivity index (χ0) is 18.0. The monoisotopic (exact) mass is 450 g/mol. The van der Waals surface area contributed by atoms with Crippen LogP contribution in [0.25, 0.3) is 5.65 Å². The minimum atomic E-state index is -0.624. The second kappa shape index (κ2) is 7.18. The Hall–Kier alpha value is -2.49. The van der Waals surface area contributed by atoms with Crippen LogP contribution < -0.4 is 5.32 Å². The highest BCUT2D eigenvalue weighted by Gasteiger charge is 2.20. The van der Waals surface area contributed by atoms with Crippen molar-refractivity contribution in [2.24, 2.45) is 0 Å². The highest BCUT2D eigenvalue weighted by Crippen LogP contribution is 2.18. The summed E-state index contributed by atoms with van der Waals surface area (Å²) in [5, 5.41) is 6.93. The molecule has 1 N–H and O–H groups in total. The molecule has 128 valence electrons. The molecule has 1 aromatic carbocycles. The summed E-state index contributed by atoms with van der Waals surface area (Å²) in [6, 6.07) is 7.38. The fraction of sp³-hybridized carbons (Fsp3) is 0.176. The Morgan fingerprint density at radius 3 is 2.88 bits per heavy atom. The molecule has 0 atom stereocenters. The number of hydrogen-bond donors (Lipinski definition) is 1. The highest BCUT2D eigenvalue weighted by molar-refractivity contribution is 14.1. The lowest BCUT2D eigenvalue weighted by Gasteiger charge is -2.09. The molecule has 25 heavy (non-hydrogen) atoms. The first kappa shape index (κ1) is 17.3. The molecule has 0 aliphatic rings. The van der Waals surface area contributed by atoms with Gasteiger partial charge in [0.2, 0.25) is 0 Å². The smallest absolute Gasteiger partial charge is 0.344 e. The number of halogens is 1. The molecule has 7 nitrogen and oxygen atoms in total. The topological polar surface area (TPSA) is 85.6 Å². The molecule has 0 fully saturated rings. The van der Waals surface area contributed by atoms with Crippen molar-refractivity contribution >= 4 is 45.8 Å². The molecule has 1 amide bonds. The van der Waals surface area contributed by atoms with E-state index in [4.69, 9.17) is 4.74 Å². The Labute approximate surface area is 157 Å². The zero-order valence-corrected chi connectivity index (χ0v) is 15.8. The van der Waals surface area contributed by atoms with Crippen LogP contribution in [0.3, 0.4) is 0 Å². The number of aryl methyl sites for hydroxylation is 2. The fourth-order valence-corrected chi connectivity index (χ4v) is 3.04. The zero-order valence-electron chi connectivity index (χ0n) is 13.6. The number of esters is 1. The van der Waals surface area contributed by atoms with E-state index in [-0.39, 0.29) is 12.2 Å². The number of benzene rings is 1. The van der Waals surface area contributed by atoms with Gasteiger partial charge in [-0.25, -0.2) is 14.3 Å². The molecule has 3 rings (SSSR count). The summed E-state index contributed by atoms with van der Waals surface area (Å²) in [5.41, 5.74) is 2.79. The van der Waals surface area contributed by atoms with Crippen molar-refractivity contribution in [2.75, 3.05) is 11.9 Å². The van der Waals surface area contributed by atoms with Crippen LogP contribution in [-0.4, -0.2) is 33.1 Å². The summed E-state index contributed by atoms with van der Waals surface area (Å²) in [6.07, 6.45) is 3.26. The van der Waals surface area contributed by atoms with Crippen LogP contribution in [0.1, 0.15) is 21.6 Å². The van der Waals surface area contributed by atoms with Gasteiger partial charge < -0.3 is 10.1 Å². The van der Waals surface area contributed by atoms with E-state index in [9.17, 15) is 9.59 Å². The predicted molar refractivity (Wildman–Crippen MR) is 101 cm³/mol. The molecule has 0 aliphatic carbocycles. The maximum Gasteiger partial charge on any atom is 0.344 e. The number of amides is 1. The fourth-order valence-electron chi connectivity index (χ4n) is 2.39. The van der Waals surface area contributed by atoms with Gasteiger partial charge in [-0.05, 0) is 66.3 Å². The highest BCUT2D eigenvalue weighted by atomic mass is 127. The second-order valence-electron chi connectivity index (χ2n) is 5.43. The molecule has 0 spiro atoms. The van der Waals surface area contributed by atoms with Crippen molar-refractivity contribution in [3.63, 3.8) is 0 Å². The van der Waals surface area contributed by atoms with Gasteiger partial charge in [0.25, 0.3) is 5.91 Å². The first-order valence-electron chi connectivity index (χ1n) is 7.49. The number of anilines is 1. The SMILES string of the molecule is Cc1cc(I)ccc1NC(=O)COC(=O)c1c(C)nn2cccnc12. The molecule has 2 heterocycles. The third-order valence-electron chi connectivity index (χ3n) is 3.57. The molecule has 0 radical (unpaired) electrons. The summed E-state index contributed by atoms with van der Waals surface area (Å²) < 4.78 is 7.71. The van der Waals surface area contributed by atoms with Crippen LogP contribution in [0.15, 0.2) is 36.7 Å². The molecular weight excluding hydrogens is 435 g/mol. The lowest BCUT2D eigenvalue weighted by molar-refractivity contribution is -0.119. The lowest BCUT2D eigenvalue weighted by atomic mass is 10.2. The number of fused-ring (bicyclic) bond motifs is 1. The number of carbonyl (C=O) groups excluding carboxylic acids is 2. The van der Waals surface area contributed by atoms with Gasteiger partial charge in [0.05, 0.1) is 5.69 Å². The first-order chi connectivity index (χ1) is 12.0. The third kappa shape index (κ3) is 3.78. The maximum absolute atomic E-state index is 12.3. The van der Waals surface area contributed by atoms with Crippen LogP contribution in [0.5, 0.6) is 0 Å². The predicted octanol–water partition coefficient (Wildman–Crippen LogP) is 2.75. The minimum absolute atomic E-state index is 0.263. The standard InChI is InChI=1S/C17H15IN4O3/c1-10-8-12(18)4-5-13(10)20-14(23)9-25-17(24)15-11(2)21-22-7-3-6-19-16(15)22/h3-8H,9H2,1-2H3,(H,20,23). The Balaban J connectivity index is 1.67. The van der Waals surface area contributed by atoms with Gasteiger partial charge in [0.1, 0.15) is 5.56 Å². The summed E-state index contributed by atoms with van der Waals surface area (Å²) in [7, 11) is 0. The summed E-state index contributed by atoms with van der Waals surface area (Å²) >= 11 is 2.20. The Morgan fingerprint density at radius 1 is 1.32 bits per heavy atom. The maximum atomic E-state index is 12.3. The quantitative estimate of drug-likeness (QED) is 0.488. The van der Waals surface area contributed by atoms with E-state index in [1.54, 1.807) is 25.4 Å². The van der Waals surface area contributed by atoms with E-state index in [1.807, 2.05) is 25.1 Å². The van der Waals surface area contributed by atoms with Crippen LogP contribution in [-0.2, 0) is 9.53 Å². The van der Waals surface area contributed by atoms with Crippen molar-refractivity contribution in [2.45, 2.75) is 13.8 Å². The average Bonchev–Trinajstić information content (AvgIpc) is 2.91. The number of hydrogen-bond acceptors (Lipinski definition) is 5. The van der Waals surface area contributed by atoms with Gasteiger partial charge in [0, 0.05) is 21.7 Å². The average molecular weight is 450 g/mol. The number of aromatic nitrogens is 3. The van der Waals surface area contributed by atoms with E-state index < -0.39 is 11.9 Å². The van der Waals surface area contributed by atoms with Crippen molar-refractivity contribution in [3.8, 4) is 0 Å². The molecular formula is C17H15IN4O3. The van der Waals surface area contributed by atoms with Gasteiger partial charge in [-0.1, -0.05) is 0 Å². The summed E-state index contributed by atoms with van der Waals surface area (Å²) in [4.78, 5) is 28.5. The van der Waals surface area contributed by atoms with Crippen molar-refractivity contribution < 1.29 is 14.3 Å². The molecule has 3 aromatic rings. The normalized spacial score (nSPS) is 10.7. The molecule has 0 bridgehead atoms. The molecule has 0 saturated heterocycles. The van der Waals surface area contributed by atoms with Crippen molar-refractivity contribution in [1.82, 2.24) is 14.6 Å². The summed E-state index contributed by atoms with van der Waals surface area (Å²) in [5.74, 6) is -1.03. The van der Waals surface area contributed by atoms with E-state index in [0.29, 0.717) is 17.0 Å². The van der Waals surface area contributed by atoms with Gasteiger partial charge in [0.15, 0.2) is 12.3 Å². The number of rotatable bonds is 4. The Bertz CT molecular complexity index is 968. The van der Waals surface area contributed by atoms with E-state index in [2.05, 4.69) is 38.0 Å². The van der Waals surface area contributed by atoms with Gasteiger partial charge in [-0.15, -0.1) is 0 Å². The van der Waals surface area contributed by atoms with E-state index >= 15 is 0 Å². The molecule has 8 heteroatoms. The Morgan fingerprint density at radius 2 is 2.12 bits per heavy atom. The molecule has 2 aromatic heterocycles.